The maximum absolute atomic E-state index is 12.6. The number of aliphatic carboxylic acids is 1. The van der Waals surface area contributed by atoms with E-state index in [0.29, 0.717) is 27.2 Å². The molecule has 4 rings (SSSR count). The summed E-state index contributed by atoms with van der Waals surface area (Å²) in [6.45, 7) is 0. The Morgan fingerprint density at radius 1 is 1.40 bits per heavy atom. The van der Waals surface area contributed by atoms with Crippen LogP contribution in [0.1, 0.15) is 0 Å². The molecule has 15 heteroatoms. The number of carboxylic acids is 1. The Morgan fingerprint density at radius 2 is 2.20 bits per heavy atom. The Balaban J connectivity index is 1.42. The summed E-state index contributed by atoms with van der Waals surface area (Å²) in [6, 6.07) is -1.64. The summed E-state index contributed by atoms with van der Waals surface area (Å²) in [5, 5.41) is 22.0. The first-order valence-corrected chi connectivity index (χ1v) is 12.6. The highest BCUT2D eigenvalue weighted by molar-refractivity contribution is 8.01. The van der Waals surface area contributed by atoms with Gasteiger partial charge in [-0.15, -0.1) is 33.7 Å². The second-order valence-electron chi connectivity index (χ2n) is 6.45. The Hall–Kier alpha value is -1.65. The highest BCUT2D eigenvalue weighted by Gasteiger charge is 2.54. The van der Waals surface area contributed by atoms with Crippen LogP contribution in [0.15, 0.2) is 21.1 Å². The van der Waals surface area contributed by atoms with E-state index in [9.17, 15) is 24.3 Å². The van der Waals surface area contributed by atoms with Gasteiger partial charge in [-0.2, -0.15) is 0 Å². The van der Waals surface area contributed by atoms with E-state index >= 15 is 0 Å². The van der Waals surface area contributed by atoms with Crippen molar-refractivity contribution in [1.29, 1.82) is 0 Å². The van der Waals surface area contributed by atoms with Gasteiger partial charge in [-0.3, -0.25) is 24.6 Å². The number of ketones is 1. The third kappa shape index (κ3) is 4.09. The number of carbonyl (C=O) groups excluding carboxylic acids is 3. The molecule has 0 bridgehead atoms. The van der Waals surface area contributed by atoms with Crippen molar-refractivity contribution in [2.45, 2.75) is 27.3 Å². The number of carboxylic acid groups (broad SMARTS) is 1. The number of nitrogens with one attached hydrogen (secondary N) is 2. The number of carbonyl (C=O) groups is 4. The van der Waals surface area contributed by atoms with Crippen LogP contribution >= 0.6 is 46.6 Å². The minimum atomic E-state index is -1.21. The van der Waals surface area contributed by atoms with Crippen LogP contribution in [0.5, 0.6) is 0 Å². The number of nitrogens with two attached hydrogens (primary N) is 1. The van der Waals surface area contributed by atoms with Crippen LogP contribution < -0.4 is 16.4 Å². The van der Waals surface area contributed by atoms with Gasteiger partial charge in [-0.25, -0.2) is 4.79 Å². The summed E-state index contributed by atoms with van der Waals surface area (Å²) in [5.41, 5.74) is 7.35. The van der Waals surface area contributed by atoms with Crippen molar-refractivity contribution in [3.05, 3.63) is 16.8 Å². The fourth-order valence-electron chi connectivity index (χ4n) is 3.19. The molecule has 160 valence electrons. The average Bonchev–Trinajstić information content (AvgIpc) is 3.40. The minimum absolute atomic E-state index is 0.0718. The van der Waals surface area contributed by atoms with Crippen molar-refractivity contribution in [2.24, 2.45) is 5.73 Å². The second kappa shape index (κ2) is 8.84. The topological polar surface area (TPSA) is 168 Å². The van der Waals surface area contributed by atoms with Crippen molar-refractivity contribution in [3.8, 4) is 0 Å². The second-order valence-corrected chi connectivity index (χ2v) is 10.8. The molecule has 3 aliphatic heterocycles. The van der Waals surface area contributed by atoms with Crippen molar-refractivity contribution in [1.82, 2.24) is 25.7 Å². The third-order valence-electron chi connectivity index (χ3n) is 4.59. The van der Waals surface area contributed by atoms with Crippen molar-refractivity contribution in [3.63, 3.8) is 0 Å². The molecule has 0 aliphatic carbocycles. The zero-order valence-electron chi connectivity index (χ0n) is 15.1. The zero-order valence-corrected chi connectivity index (χ0v) is 18.4. The molecular weight excluding hydrogens is 472 g/mol. The number of amides is 2. The van der Waals surface area contributed by atoms with Gasteiger partial charge in [0.25, 0.3) is 11.8 Å². The van der Waals surface area contributed by atoms with Crippen LogP contribution in [0.3, 0.4) is 0 Å². The van der Waals surface area contributed by atoms with Crippen molar-refractivity contribution in [2.75, 3.05) is 17.3 Å². The number of Topliss-reactive ketones (excluding diaryl/α,β-unsaturated/α-hetero) is 1. The van der Waals surface area contributed by atoms with Crippen molar-refractivity contribution >= 4 is 70.2 Å². The molecule has 30 heavy (non-hydrogen) atoms. The summed E-state index contributed by atoms with van der Waals surface area (Å²) in [6.07, 6.45) is 0. The van der Waals surface area contributed by atoms with Gasteiger partial charge in [-0.1, -0.05) is 23.1 Å². The van der Waals surface area contributed by atoms with Gasteiger partial charge in [-0.05, 0) is 5.57 Å². The van der Waals surface area contributed by atoms with E-state index in [-0.39, 0.29) is 5.70 Å². The van der Waals surface area contributed by atoms with Gasteiger partial charge < -0.3 is 16.2 Å². The summed E-state index contributed by atoms with van der Waals surface area (Å²) in [5.74, 6) is -2.19. The standard InChI is InChI=1S/C15H16N6O5S4/c16-14-18-6(3-28-14)9(22)10(23)19-7-11(24)21-8(13(25)26)5(1-27-12(7)21)2-29-15-20-17-4-30-15/h4,6-7,12,14,18H,1-3,16H2,(H,19,23)(H,25,26)/t6?,7?,12-,14?/m0/s1. The van der Waals surface area contributed by atoms with Gasteiger partial charge in [0.1, 0.15) is 28.1 Å². The Bertz CT molecular complexity index is 925. The van der Waals surface area contributed by atoms with Gasteiger partial charge in [0.15, 0.2) is 4.34 Å². The lowest BCUT2D eigenvalue weighted by Crippen LogP contribution is -2.71. The molecule has 0 saturated carbocycles. The lowest BCUT2D eigenvalue weighted by Gasteiger charge is -2.49. The lowest BCUT2D eigenvalue weighted by molar-refractivity contribution is -0.152. The van der Waals surface area contributed by atoms with E-state index in [4.69, 9.17) is 5.73 Å². The number of thioether (sulfide) groups is 3. The summed E-state index contributed by atoms with van der Waals surface area (Å²) in [4.78, 5) is 50.2. The van der Waals surface area contributed by atoms with Crippen LogP contribution in [0.2, 0.25) is 0 Å². The first-order valence-electron chi connectivity index (χ1n) is 8.63. The van der Waals surface area contributed by atoms with Crippen LogP contribution in [0.4, 0.5) is 0 Å². The van der Waals surface area contributed by atoms with Crippen LogP contribution in [0.25, 0.3) is 0 Å². The summed E-state index contributed by atoms with van der Waals surface area (Å²) >= 11 is 5.37. The molecule has 0 aromatic carbocycles. The van der Waals surface area contributed by atoms with E-state index in [0.717, 1.165) is 0 Å². The molecule has 5 N–H and O–H groups in total. The fourth-order valence-corrected chi connectivity index (χ4v) is 7.07. The van der Waals surface area contributed by atoms with Gasteiger partial charge in [0, 0.05) is 17.3 Å². The molecule has 11 nitrogen and oxygen atoms in total. The molecule has 3 aliphatic rings. The molecule has 4 atom stereocenters. The number of β-lactam (4-membered cyclic amide) rings is 1. The number of rotatable bonds is 7. The molecule has 1 aromatic rings. The molecule has 0 radical (unpaired) electrons. The predicted molar refractivity (Wildman–Crippen MR) is 113 cm³/mol. The first kappa shape index (κ1) is 21.6. The maximum Gasteiger partial charge on any atom is 0.352 e. The monoisotopic (exact) mass is 488 g/mol. The zero-order chi connectivity index (χ0) is 21.4. The number of nitrogens with zero attached hydrogens (tertiary/aromatic N) is 3. The molecule has 1 aromatic heterocycles. The molecular formula is C15H16N6O5S4. The quantitative estimate of drug-likeness (QED) is 0.208. The summed E-state index contributed by atoms with van der Waals surface area (Å²) in [7, 11) is 0. The van der Waals surface area contributed by atoms with Crippen LogP contribution in [-0.4, -0.2) is 84.0 Å². The lowest BCUT2D eigenvalue weighted by atomic mass is 10.0. The molecule has 0 spiro atoms. The van der Waals surface area contributed by atoms with Crippen LogP contribution in [0, 0.1) is 0 Å². The molecule has 2 fully saturated rings. The van der Waals surface area contributed by atoms with Crippen LogP contribution in [-0.2, 0) is 19.2 Å². The van der Waals surface area contributed by atoms with Gasteiger partial charge >= 0.3 is 5.97 Å². The molecule has 4 heterocycles. The minimum Gasteiger partial charge on any atom is -0.477 e. The Kier molecular flexibility index (Phi) is 6.36. The molecule has 2 amide bonds. The van der Waals surface area contributed by atoms with E-state index < -0.39 is 46.5 Å². The fraction of sp³-hybridized carbons (Fsp3) is 0.467. The highest BCUT2D eigenvalue weighted by Crippen LogP contribution is 2.41. The smallest absolute Gasteiger partial charge is 0.352 e. The Labute approximate surface area is 187 Å². The highest BCUT2D eigenvalue weighted by atomic mass is 32.2. The molecule has 3 unspecified atom stereocenters. The molecule has 2 saturated heterocycles. The average molecular weight is 489 g/mol. The normalized spacial score (nSPS) is 28.2. The van der Waals surface area contributed by atoms with Gasteiger partial charge in [0.05, 0.1) is 6.04 Å². The SMILES string of the molecule is NC1NC(C(=O)C(=O)NC2C(=O)N3C(C(=O)O)=C(CSc4nncs4)CS[C@@H]23)CS1. The maximum atomic E-state index is 12.6. The third-order valence-corrected chi connectivity index (χ3v) is 8.90. The Morgan fingerprint density at radius 3 is 2.83 bits per heavy atom. The number of fused-ring (bicyclic) bond motifs is 1. The summed E-state index contributed by atoms with van der Waals surface area (Å²) < 4.78 is 0.705. The number of hydrogen-bond donors (Lipinski definition) is 4. The van der Waals surface area contributed by atoms with E-state index in [2.05, 4.69) is 20.8 Å². The number of hydrogen-bond acceptors (Lipinski definition) is 12. The predicted octanol–water partition coefficient (Wildman–Crippen LogP) is -1.11. The van der Waals surface area contributed by atoms with E-state index in [1.54, 1.807) is 5.51 Å². The van der Waals surface area contributed by atoms with E-state index in [1.165, 1.54) is 51.5 Å². The largest absolute Gasteiger partial charge is 0.477 e. The van der Waals surface area contributed by atoms with Gasteiger partial charge in [0.2, 0.25) is 5.78 Å². The van der Waals surface area contributed by atoms with E-state index in [1.807, 2.05) is 0 Å². The first-order chi connectivity index (χ1) is 14.4. The number of aromatic nitrogens is 2. The van der Waals surface area contributed by atoms with Crippen molar-refractivity contribution < 1.29 is 24.3 Å².